The van der Waals surface area contributed by atoms with Gasteiger partial charge in [-0.15, -0.1) is 0 Å². The Morgan fingerprint density at radius 2 is 1.67 bits per heavy atom. The number of hydrogen-bond acceptors (Lipinski definition) is 6. The van der Waals surface area contributed by atoms with Crippen LogP contribution in [-0.4, -0.2) is 41.4 Å². The van der Waals surface area contributed by atoms with Crippen molar-refractivity contribution in [2.24, 2.45) is 22.2 Å². The predicted octanol–water partition coefficient (Wildman–Crippen LogP) is 3.89. The molecule has 2 bridgehead atoms. The highest BCUT2D eigenvalue weighted by molar-refractivity contribution is 5.95. The van der Waals surface area contributed by atoms with Crippen molar-refractivity contribution in [3.8, 4) is 0 Å². The van der Waals surface area contributed by atoms with E-state index in [1.807, 2.05) is 6.92 Å². The van der Waals surface area contributed by atoms with E-state index in [0.29, 0.717) is 6.42 Å². The van der Waals surface area contributed by atoms with Gasteiger partial charge in [0.1, 0.15) is 11.7 Å². The number of allylic oxidation sites excluding steroid dienone is 1. The van der Waals surface area contributed by atoms with Crippen LogP contribution in [0.25, 0.3) is 0 Å². The van der Waals surface area contributed by atoms with Crippen LogP contribution in [0.2, 0.25) is 0 Å². The Kier molecular flexibility index (Phi) is 6.59. The molecule has 1 N–H and O–H groups in total. The highest BCUT2D eigenvalue weighted by Crippen LogP contribution is 2.69. The van der Waals surface area contributed by atoms with Crippen LogP contribution in [0.15, 0.2) is 12.2 Å². The van der Waals surface area contributed by atoms with E-state index in [1.54, 1.807) is 26.0 Å². The van der Waals surface area contributed by atoms with E-state index >= 15 is 0 Å². The Morgan fingerprint density at radius 3 is 2.24 bits per heavy atom. The van der Waals surface area contributed by atoms with E-state index in [9.17, 15) is 19.2 Å². The van der Waals surface area contributed by atoms with Crippen LogP contribution in [0.3, 0.4) is 0 Å². The lowest BCUT2D eigenvalue weighted by Gasteiger charge is -2.58. The molecule has 6 unspecified atom stereocenters. The van der Waals surface area contributed by atoms with Crippen molar-refractivity contribution < 1.29 is 28.7 Å². The van der Waals surface area contributed by atoms with E-state index in [4.69, 9.17) is 9.47 Å². The molecule has 3 rings (SSSR count). The van der Waals surface area contributed by atoms with Gasteiger partial charge in [-0.2, -0.15) is 0 Å². The predicted molar refractivity (Wildman–Crippen MR) is 123 cm³/mol. The summed E-state index contributed by atoms with van der Waals surface area (Å²) >= 11 is 0. The first kappa shape index (κ1) is 25.4. The number of hydrogen-bond donors (Lipinski definition) is 1. The quantitative estimate of drug-likeness (QED) is 0.476. The van der Waals surface area contributed by atoms with Crippen LogP contribution in [0.5, 0.6) is 0 Å². The number of carbonyl (C=O) groups is 4. The minimum absolute atomic E-state index is 0.00525. The molecule has 7 heteroatoms. The Hall–Kier alpha value is -2.18. The van der Waals surface area contributed by atoms with Gasteiger partial charge in [-0.05, 0) is 75.9 Å². The first-order valence-electron chi connectivity index (χ1n) is 12.0. The van der Waals surface area contributed by atoms with Crippen LogP contribution >= 0.6 is 0 Å². The van der Waals surface area contributed by atoms with Crippen molar-refractivity contribution in [3.63, 3.8) is 0 Å². The number of esters is 2. The molecule has 0 heterocycles. The monoisotopic (exact) mass is 461 g/mol. The molecule has 0 saturated heterocycles. The van der Waals surface area contributed by atoms with Crippen LogP contribution in [0, 0.1) is 22.2 Å². The molecular formula is C26H39NO6. The van der Waals surface area contributed by atoms with Crippen molar-refractivity contribution in [1.82, 2.24) is 5.32 Å². The fourth-order valence-corrected chi connectivity index (χ4v) is 7.26. The summed E-state index contributed by atoms with van der Waals surface area (Å²) in [5.74, 6) is -0.631. The highest BCUT2D eigenvalue weighted by Gasteiger charge is 2.68. The summed E-state index contributed by atoms with van der Waals surface area (Å²) in [6.45, 7) is 12.0. The first-order valence-corrected chi connectivity index (χ1v) is 12.0. The van der Waals surface area contributed by atoms with Gasteiger partial charge >= 0.3 is 11.9 Å². The third-order valence-electron chi connectivity index (χ3n) is 8.46. The van der Waals surface area contributed by atoms with Crippen molar-refractivity contribution in [1.29, 1.82) is 0 Å². The molecule has 184 valence electrons. The number of ether oxygens (including phenoxy) is 2. The summed E-state index contributed by atoms with van der Waals surface area (Å²) in [6, 6.07) is -0.110. The molecule has 3 aliphatic rings. The Labute approximate surface area is 197 Å². The van der Waals surface area contributed by atoms with Gasteiger partial charge < -0.3 is 14.8 Å². The zero-order valence-electron chi connectivity index (χ0n) is 21.1. The molecule has 0 radical (unpaired) electrons. The lowest BCUT2D eigenvalue weighted by atomic mass is 9.48. The molecule has 6 atom stereocenters. The van der Waals surface area contributed by atoms with Crippen molar-refractivity contribution >= 4 is 23.6 Å². The molecule has 7 nitrogen and oxygen atoms in total. The van der Waals surface area contributed by atoms with Gasteiger partial charge in [-0.1, -0.05) is 13.8 Å². The molecule has 3 fully saturated rings. The topological polar surface area (TPSA) is 98.8 Å². The third-order valence-corrected chi connectivity index (χ3v) is 8.46. The summed E-state index contributed by atoms with van der Waals surface area (Å²) in [7, 11) is 0. The standard InChI is InChI=1S/C26H39NO6/c1-16(28)27-20-14-25(7,21(31)9-11-23(4,5)33-18(3)30)19-8-12-24(6)15-26(19,20)13-10-22(24)32-17(2)29/h9,11,19-20,22H,8,10,12-15H2,1-7H3,(H,27,28). The molecule has 3 aliphatic carbocycles. The lowest BCUT2D eigenvalue weighted by Crippen LogP contribution is -2.58. The van der Waals surface area contributed by atoms with Crippen LogP contribution < -0.4 is 5.32 Å². The molecule has 0 aromatic heterocycles. The normalized spacial score (nSPS) is 37.8. The second kappa shape index (κ2) is 8.55. The largest absolute Gasteiger partial charge is 0.462 e. The van der Waals surface area contributed by atoms with Crippen molar-refractivity contribution in [2.75, 3.05) is 0 Å². The van der Waals surface area contributed by atoms with E-state index in [0.717, 1.165) is 32.1 Å². The molecule has 1 spiro atoms. The summed E-state index contributed by atoms with van der Waals surface area (Å²) in [6.07, 6.45) is 7.73. The van der Waals surface area contributed by atoms with Gasteiger partial charge in [0, 0.05) is 37.6 Å². The number of fused-ring (bicyclic) bond motifs is 1. The third kappa shape index (κ3) is 4.73. The number of amides is 1. The van der Waals surface area contributed by atoms with Gasteiger partial charge in [-0.3, -0.25) is 19.2 Å². The zero-order valence-corrected chi connectivity index (χ0v) is 21.1. The smallest absolute Gasteiger partial charge is 0.303 e. The molecule has 1 amide bonds. The van der Waals surface area contributed by atoms with E-state index in [2.05, 4.69) is 12.2 Å². The fraction of sp³-hybridized carbons (Fsp3) is 0.769. The Morgan fingerprint density at radius 1 is 1.00 bits per heavy atom. The highest BCUT2D eigenvalue weighted by atomic mass is 16.6. The zero-order chi connectivity index (χ0) is 24.8. The molecule has 0 aromatic carbocycles. The average molecular weight is 462 g/mol. The summed E-state index contributed by atoms with van der Waals surface area (Å²) in [5, 5.41) is 3.18. The molecular weight excluding hydrogens is 422 g/mol. The van der Waals surface area contributed by atoms with E-state index in [1.165, 1.54) is 20.8 Å². The van der Waals surface area contributed by atoms with Gasteiger partial charge in [0.05, 0.1) is 0 Å². The maximum Gasteiger partial charge on any atom is 0.303 e. The number of ketones is 1. The van der Waals surface area contributed by atoms with Gasteiger partial charge in [-0.25, -0.2) is 0 Å². The van der Waals surface area contributed by atoms with Crippen LogP contribution in [0.1, 0.15) is 87.0 Å². The minimum atomic E-state index is -0.877. The van der Waals surface area contributed by atoms with E-state index < -0.39 is 17.0 Å². The minimum Gasteiger partial charge on any atom is -0.462 e. The average Bonchev–Trinajstić information content (AvgIpc) is 2.88. The molecule has 0 aromatic rings. The van der Waals surface area contributed by atoms with Crippen molar-refractivity contribution in [2.45, 2.75) is 105 Å². The summed E-state index contributed by atoms with van der Waals surface area (Å²) < 4.78 is 11.0. The summed E-state index contributed by atoms with van der Waals surface area (Å²) in [5.41, 5.74) is -1.89. The Balaban J connectivity index is 1.93. The van der Waals surface area contributed by atoms with Crippen LogP contribution in [0.4, 0.5) is 0 Å². The van der Waals surface area contributed by atoms with Gasteiger partial charge in [0.25, 0.3) is 0 Å². The molecule has 0 aliphatic heterocycles. The number of rotatable bonds is 6. The maximum atomic E-state index is 13.6. The SMILES string of the molecule is CC(=O)NC1CC(C)(C(=O)C=CC(C)(C)OC(C)=O)C2CCC3(C)CC12CCC3OC(C)=O. The van der Waals surface area contributed by atoms with E-state index in [-0.39, 0.29) is 46.6 Å². The molecule has 33 heavy (non-hydrogen) atoms. The van der Waals surface area contributed by atoms with Gasteiger partial charge in [0.2, 0.25) is 5.91 Å². The van der Waals surface area contributed by atoms with Crippen molar-refractivity contribution in [3.05, 3.63) is 12.2 Å². The lowest BCUT2D eigenvalue weighted by molar-refractivity contribution is -0.173. The Bertz CT molecular complexity index is 878. The summed E-state index contributed by atoms with van der Waals surface area (Å²) in [4.78, 5) is 48.8. The number of carbonyl (C=O) groups excluding carboxylic acids is 4. The number of nitrogens with one attached hydrogen (secondary N) is 1. The maximum absolute atomic E-state index is 13.6. The first-order chi connectivity index (χ1) is 15.1. The molecule has 3 saturated carbocycles. The fourth-order valence-electron chi connectivity index (χ4n) is 7.26. The second-order valence-corrected chi connectivity index (χ2v) is 11.6. The second-order valence-electron chi connectivity index (χ2n) is 11.6. The van der Waals surface area contributed by atoms with Gasteiger partial charge in [0.15, 0.2) is 5.78 Å². The van der Waals surface area contributed by atoms with Crippen LogP contribution in [-0.2, 0) is 28.7 Å².